The Labute approximate surface area is 419 Å². The molecule has 0 aliphatic rings. The predicted molar refractivity (Wildman–Crippen MR) is 273 cm³/mol. The summed E-state index contributed by atoms with van der Waals surface area (Å²) in [5, 5.41) is 28.9. The Kier molecular flexibility index (Phi) is 16.1. The van der Waals surface area contributed by atoms with E-state index in [4.69, 9.17) is 56.2 Å². The van der Waals surface area contributed by atoms with Gasteiger partial charge >= 0.3 is 17.9 Å². The van der Waals surface area contributed by atoms with Crippen LogP contribution in [0.1, 0.15) is 41.4 Å². The van der Waals surface area contributed by atoms with Crippen LogP contribution in [0.3, 0.4) is 0 Å². The van der Waals surface area contributed by atoms with E-state index in [-0.39, 0.29) is 17.0 Å². The summed E-state index contributed by atoms with van der Waals surface area (Å²) in [4.78, 5) is 59.4. The summed E-state index contributed by atoms with van der Waals surface area (Å²) in [6.45, 7) is 1.29. The van der Waals surface area contributed by atoms with E-state index < -0.39 is 17.9 Å². The number of likely N-dealkylation sites (N-methyl/N-ethyl adjacent to an activating group) is 1. The molecule has 0 atom stereocenters. The van der Waals surface area contributed by atoms with E-state index in [0.717, 1.165) is 39.6 Å². The fraction of sp³-hybridized carbons (Fsp3) is 0.0980. The molecule has 0 spiro atoms. The molecule has 6 aromatic carbocycles. The van der Waals surface area contributed by atoms with Crippen molar-refractivity contribution in [2.45, 2.75) is 0 Å². The highest BCUT2D eigenvalue weighted by Gasteiger charge is 2.19. The van der Waals surface area contributed by atoms with Crippen LogP contribution in [0.5, 0.6) is 0 Å². The van der Waals surface area contributed by atoms with E-state index in [9.17, 15) is 24.3 Å². The Bertz CT molecular complexity index is 3170. The molecule has 8 aromatic rings. The van der Waals surface area contributed by atoms with Crippen LogP contribution in [0.4, 0.5) is 0 Å². The van der Waals surface area contributed by atoms with Gasteiger partial charge in [-0.2, -0.15) is 0 Å². The van der Waals surface area contributed by atoms with Gasteiger partial charge in [0.25, 0.3) is 5.91 Å². The number of aromatic nitrogens is 2. The van der Waals surface area contributed by atoms with E-state index in [1.54, 1.807) is 84.9 Å². The molecule has 0 aliphatic carbocycles. The number of methoxy groups -OCH3 is 1. The minimum atomic E-state index is -1.04. The molecule has 0 radical (unpaired) electrons. The lowest BCUT2D eigenvalue weighted by Crippen LogP contribution is -2.31. The number of nitrogens with zero attached hydrogens (tertiary/aromatic N) is 3. The lowest BCUT2D eigenvalue weighted by atomic mass is 9.96. The summed E-state index contributed by atoms with van der Waals surface area (Å²) in [5.74, 6) is -2.72. The molecule has 11 nitrogen and oxygen atoms in total. The molecule has 0 bridgehead atoms. The minimum absolute atomic E-state index is 0.155. The quantitative estimate of drug-likeness (QED) is 0.0949. The van der Waals surface area contributed by atoms with Gasteiger partial charge in [-0.1, -0.05) is 107 Å². The third-order valence-electron chi connectivity index (χ3n) is 10.4. The van der Waals surface area contributed by atoms with E-state index in [2.05, 4.69) is 15.3 Å². The molecular formula is C51H38Cl4N4O7S2. The summed E-state index contributed by atoms with van der Waals surface area (Å²) >= 11 is 27.1. The molecule has 2 heterocycles. The molecule has 0 saturated carbocycles. The van der Waals surface area contributed by atoms with Crippen LogP contribution in [0.15, 0.2) is 132 Å². The van der Waals surface area contributed by atoms with E-state index >= 15 is 0 Å². The van der Waals surface area contributed by atoms with Gasteiger partial charge < -0.3 is 25.2 Å². The van der Waals surface area contributed by atoms with Gasteiger partial charge in [0, 0.05) is 51.7 Å². The number of thiazole rings is 2. The monoisotopic (exact) mass is 1020 g/mol. The number of aromatic carboxylic acids is 2. The molecule has 0 aliphatic heterocycles. The maximum absolute atomic E-state index is 12.5. The van der Waals surface area contributed by atoms with Crippen molar-refractivity contribution >= 4 is 92.9 Å². The maximum Gasteiger partial charge on any atom is 0.338 e. The molecule has 2 aromatic heterocycles. The molecule has 8 rings (SSSR count). The van der Waals surface area contributed by atoms with Crippen molar-refractivity contribution in [2.75, 3.05) is 34.3 Å². The number of carbonyl (C=O) groups is 4. The highest BCUT2D eigenvalue weighted by atomic mass is 35.5. The molecular weight excluding hydrogens is 987 g/mol. The second-order valence-corrected chi connectivity index (χ2v) is 18.5. The Hall–Kier alpha value is -6.42. The number of esters is 1. The van der Waals surface area contributed by atoms with Crippen molar-refractivity contribution in [2.24, 2.45) is 0 Å². The molecule has 0 saturated heterocycles. The van der Waals surface area contributed by atoms with Gasteiger partial charge in [-0.25, -0.2) is 24.4 Å². The van der Waals surface area contributed by atoms with Crippen LogP contribution in [-0.4, -0.2) is 83.2 Å². The van der Waals surface area contributed by atoms with Crippen LogP contribution < -0.4 is 5.32 Å². The van der Waals surface area contributed by atoms with Crippen molar-refractivity contribution in [1.82, 2.24) is 20.2 Å². The first-order valence-corrected chi connectivity index (χ1v) is 23.7. The van der Waals surface area contributed by atoms with Crippen LogP contribution in [0.2, 0.25) is 20.1 Å². The first-order chi connectivity index (χ1) is 32.6. The largest absolute Gasteiger partial charge is 0.478 e. The van der Waals surface area contributed by atoms with E-state index in [1.807, 2.05) is 54.0 Å². The number of hydrogen-bond donors (Lipinski definition) is 3. The van der Waals surface area contributed by atoms with Gasteiger partial charge in [0.05, 0.1) is 55.3 Å². The Morgan fingerprint density at radius 2 is 1.00 bits per heavy atom. The van der Waals surface area contributed by atoms with Gasteiger partial charge in [0.15, 0.2) is 0 Å². The molecule has 0 unspecified atom stereocenters. The SMILES string of the molecule is CN(C)CCNC(=O)c1ccc(-c2ccc(-c3nc(-c4ccc(Cl)c(Cl)c4)cs3)cc2C(=O)O)cc1.COC(=O)c1cc(-c2nc(-c3ccc(Cl)c(Cl)c3)cs2)ccc1-c1ccc(C(=O)O)cc1. The lowest BCUT2D eigenvalue weighted by molar-refractivity contribution is 0.0599. The lowest BCUT2D eigenvalue weighted by Gasteiger charge is -2.11. The van der Waals surface area contributed by atoms with Gasteiger partial charge in [-0.15, -0.1) is 22.7 Å². The van der Waals surface area contributed by atoms with Gasteiger partial charge in [0.2, 0.25) is 0 Å². The summed E-state index contributed by atoms with van der Waals surface area (Å²) in [7, 11) is 5.20. The summed E-state index contributed by atoms with van der Waals surface area (Å²) in [6, 6.07) is 34.5. The molecule has 17 heteroatoms. The van der Waals surface area contributed by atoms with Gasteiger partial charge in [-0.3, -0.25) is 4.79 Å². The topological polar surface area (TPSA) is 159 Å². The Morgan fingerprint density at radius 3 is 1.44 bits per heavy atom. The standard InChI is InChI=1S/C27H23Cl2N3O3S.C24H15Cl2NO4S/c1-32(2)12-11-30-25(33)17-5-3-16(4-6-17)20-9-7-19(13-21(20)27(34)35)26-31-24(15-36-26)18-8-10-22(28)23(29)14-18;1-31-24(30)18-10-16(6-8-17(18)13-2-4-14(5-3-13)23(28)29)22-27-21(12-32-22)15-7-9-19(25)20(26)11-15/h3-10,13-15H,11-12H2,1-2H3,(H,30,33)(H,34,35);2-12H,1H3,(H,28,29). The van der Waals surface area contributed by atoms with Crippen molar-refractivity contribution in [3.05, 3.63) is 174 Å². The maximum atomic E-state index is 12.5. The first kappa shape index (κ1) is 49.5. The van der Waals surface area contributed by atoms with Crippen LogP contribution in [0, 0.1) is 0 Å². The number of carboxylic acids is 2. The van der Waals surface area contributed by atoms with Crippen molar-refractivity contribution < 1.29 is 34.1 Å². The zero-order valence-corrected chi connectivity index (χ0v) is 40.9. The Balaban J connectivity index is 0.000000203. The van der Waals surface area contributed by atoms with E-state index in [1.165, 1.54) is 41.9 Å². The van der Waals surface area contributed by atoms with Crippen LogP contribution in [0.25, 0.3) is 65.9 Å². The number of carboxylic acid groups (broad SMARTS) is 2. The third kappa shape index (κ3) is 11.8. The second-order valence-electron chi connectivity index (χ2n) is 15.2. The van der Waals surface area contributed by atoms with Crippen molar-refractivity contribution in [3.8, 4) is 65.9 Å². The number of nitrogens with one attached hydrogen (secondary N) is 1. The number of benzene rings is 6. The number of ether oxygens (including phenoxy) is 1. The van der Waals surface area contributed by atoms with E-state index in [0.29, 0.717) is 70.6 Å². The molecule has 3 N–H and O–H groups in total. The highest BCUT2D eigenvalue weighted by Crippen LogP contribution is 2.37. The second kappa shape index (κ2) is 22.1. The number of carbonyl (C=O) groups excluding carboxylic acids is 2. The fourth-order valence-electron chi connectivity index (χ4n) is 6.79. The van der Waals surface area contributed by atoms with Gasteiger partial charge in [-0.05, 0) is 97.0 Å². The summed E-state index contributed by atoms with van der Waals surface area (Å²) in [6.07, 6.45) is 0. The van der Waals surface area contributed by atoms with Crippen LogP contribution in [-0.2, 0) is 4.74 Å². The average Bonchev–Trinajstić information content (AvgIpc) is 4.05. The predicted octanol–water partition coefficient (Wildman–Crippen LogP) is 13.4. The number of halogens is 4. The fourth-order valence-corrected chi connectivity index (χ4v) is 9.04. The van der Waals surface area contributed by atoms with Crippen molar-refractivity contribution in [1.29, 1.82) is 0 Å². The third-order valence-corrected chi connectivity index (χ3v) is 13.6. The number of rotatable bonds is 13. The highest BCUT2D eigenvalue weighted by molar-refractivity contribution is 7.13. The molecule has 0 fully saturated rings. The summed E-state index contributed by atoms with van der Waals surface area (Å²) in [5.41, 5.74) is 8.41. The number of hydrogen-bond acceptors (Lipinski definition) is 10. The van der Waals surface area contributed by atoms with Gasteiger partial charge in [0.1, 0.15) is 10.0 Å². The normalized spacial score (nSPS) is 10.9. The van der Waals surface area contributed by atoms with Crippen molar-refractivity contribution in [3.63, 3.8) is 0 Å². The first-order valence-electron chi connectivity index (χ1n) is 20.4. The van der Waals surface area contributed by atoms with Crippen LogP contribution >= 0.6 is 69.1 Å². The Morgan fingerprint density at radius 1 is 0.559 bits per heavy atom. The smallest absolute Gasteiger partial charge is 0.338 e. The number of amides is 1. The zero-order valence-electron chi connectivity index (χ0n) is 36.2. The minimum Gasteiger partial charge on any atom is -0.478 e. The molecule has 68 heavy (non-hydrogen) atoms. The summed E-state index contributed by atoms with van der Waals surface area (Å²) < 4.78 is 4.97. The zero-order chi connectivity index (χ0) is 48.6. The molecule has 344 valence electrons. The molecule has 1 amide bonds. The average molecular weight is 1020 g/mol.